The molecule has 1 saturated heterocycles. The summed E-state index contributed by atoms with van der Waals surface area (Å²) in [6.45, 7) is 2.52. The number of amides is 1. The Morgan fingerprint density at radius 1 is 1.06 bits per heavy atom. The van der Waals surface area contributed by atoms with Crippen LogP contribution < -0.4 is 10.6 Å². The van der Waals surface area contributed by atoms with Crippen molar-refractivity contribution in [2.45, 2.75) is 35.4 Å². The van der Waals surface area contributed by atoms with E-state index in [0.29, 0.717) is 11.7 Å². The quantitative estimate of drug-likeness (QED) is 0.274. The number of para-hydroxylation sites is 1. The number of hydrogen-bond acceptors (Lipinski definition) is 5. The molecule has 8 heteroatoms. The molecule has 2 aromatic carbocycles. The summed E-state index contributed by atoms with van der Waals surface area (Å²) in [6.07, 6.45) is 2.06. The predicted molar refractivity (Wildman–Crippen MR) is 146 cm³/mol. The number of aryl methyl sites for hydroxylation is 1. The molecule has 5 rings (SSSR count). The predicted octanol–water partition coefficient (Wildman–Crippen LogP) is 6.14. The minimum atomic E-state index is -0.232. The van der Waals surface area contributed by atoms with E-state index in [4.69, 9.17) is 16.6 Å². The fourth-order valence-electron chi connectivity index (χ4n) is 4.19. The van der Waals surface area contributed by atoms with E-state index in [-0.39, 0.29) is 24.4 Å². The molecule has 0 aliphatic carbocycles. The molecule has 4 aromatic rings. The fraction of sp³-hybridized carbons (Fsp3) is 0.179. The van der Waals surface area contributed by atoms with Crippen molar-refractivity contribution in [3.63, 3.8) is 0 Å². The number of rotatable bonds is 8. The zero-order chi connectivity index (χ0) is 24.9. The van der Waals surface area contributed by atoms with E-state index in [1.807, 2.05) is 65.6 Å². The molecule has 2 N–H and O–H groups in total. The third kappa shape index (κ3) is 5.61. The zero-order valence-corrected chi connectivity index (χ0v) is 21.4. The third-order valence-electron chi connectivity index (χ3n) is 5.97. The summed E-state index contributed by atoms with van der Waals surface area (Å²) >= 11 is 7.28. The minimum Gasteiger partial charge on any atom is -0.452 e. The summed E-state index contributed by atoms with van der Waals surface area (Å²) in [4.78, 5) is 20.4. The normalized spacial score (nSPS) is 17.1. The van der Waals surface area contributed by atoms with Crippen LogP contribution >= 0.6 is 24.0 Å². The highest BCUT2D eigenvalue weighted by atomic mass is 32.2. The highest BCUT2D eigenvalue weighted by Gasteiger charge is 2.41. The van der Waals surface area contributed by atoms with Gasteiger partial charge in [0.1, 0.15) is 11.8 Å². The van der Waals surface area contributed by atoms with Crippen molar-refractivity contribution in [2.75, 3.05) is 11.9 Å². The zero-order valence-electron chi connectivity index (χ0n) is 19.8. The molecule has 0 bridgehead atoms. The Hall–Kier alpha value is -3.62. The van der Waals surface area contributed by atoms with Gasteiger partial charge in [-0.3, -0.25) is 9.78 Å². The van der Waals surface area contributed by atoms with E-state index >= 15 is 0 Å². The number of benzene rings is 2. The molecule has 2 aromatic heterocycles. The number of aromatic nitrogens is 1. The van der Waals surface area contributed by atoms with E-state index in [1.54, 1.807) is 18.0 Å². The Kier molecular flexibility index (Phi) is 7.34. The van der Waals surface area contributed by atoms with Crippen molar-refractivity contribution in [3.8, 4) is 0 Å². The molecule has 1 amide bonds. The van der Waals surface area contributed by atoms with Gasteiger partial charge in [-0.2, -0.15) is 0 Å². The lowest BCUT2D eigenvalue weighted by atomic mass is 10.0. The van der Waals surface area contributed by atoms with Crippen molar-refractivity contribution in [3.05, 3.63) is 108 Å². The maximum Gasteiger partial charge on any atom is 0.226 e. The standard InChI is InChI=1S/C28H26N4O2S2/c1-19-10-12-21(13-11-19)36-25-15-14-23(34-25)27-26(22-9-5-6-17-29-22)31-28(35)32(27)18-16-24(33)30-20-7-3-2-4-8-20/h2-15,17,26-27H,16,18H2,1H3,(H,30,33)(H,31,35)/t26-,27-/m0/s1. The van der Waals surface area contributed by atoms with Gasteiger partial charge in [0.25, 0.3) is 0 Å². The van der Waals surface area contributed by atoms with Crippen LogP contribution in [0.2, 0.25) is 0 Å². The molecule has 2 atom stereocenters. The number of carbonyl (C=O) groups excluding carboxylic acids is 1. The maximum atomic E-state index is 12.7. The average Bonchev–Trinajstić information content (AvgIpc) is 3.49. The molecule has 36 heavy (non-hydrogen) atoms. The van der Waals surface area contributed by atoms with Crippen molar-refractivity contribution >= 4 is 40.7 Å². The molecular weight excluding hydrogens is 488 g/mol. The SMILES string of the molecule is Cc1ccc(Sc2ccc([C@H]3[C@H](c4ccccn4)NC(=S)N3CCC(=O)Nc3ccccc3)o2)cc1. The first-order valence-corrected chi connectivity index (χ1v) is 13.0. The largest absolute Gasteiger partial charge is 0.452 e. The summed E-state index contributed by atoms with van der Waals surface area (Å²) in [5, 5.41) is 7.72. The number of thiocarbonyl (C=S) groups is 1. The molecular formula is C28H26N4O2S2. The highest BCUT2D eigenvalue weighted by molar-refractivity contribution is 7.99. The van der Waals surface area contributed by atoms with Crippen molar-refractivity contribution in [1.29, 1.82) is 0 Å². The summed E-state index contributed by atoms with van der Waals surface area (Å²) in [6, 6.07) is 27.2. The number of carbonyl (C=O) groups is 1. The molecule has 182 valence electrons. The van der Waals surface area contributed by atoms with Gasteiger partial charge in [0.15, 0.2) is 10.2 Å². The summed E-state index contributed by atoms with van der Waals surface area (Å²) in [5.41, 5.74) is 2.86. The van der Waals surface area contributed by atoms with E-state index in [9.17, 15) is 4.79 Å². The minimum absolute atomic E-state index is 0.0703. The van der Waals surface area contributed by atoms with Crippen LogP contribution in [0.5, 0.6) is 0 Å². The average molecular weight is 515 g/mol. The molecule has 0 unspecified atom stereocenters. The van der Waals surface area contributed by atoms with Gasteiger partial charge >= 0.3 is 0 Å². The van der Waals surface area contributed by atoms with Gasteiger partial charge in [-0.15, -0.1) is 0 Å². The smallest absolute Gasteiger partial charge is 0.226 e. The monoisotopic (exact) mass is 514 g/mol. The summed E-state index contributed by atoms with van der Waals surface area (Å²) in [5.74, 6) is 0.704. The van der Waals surface area contributed by atoms with Crippen LogP contribution in [0.15, 0.2) is 106 Å². The lowest BCUT2D eigenvalue weighted by Crippen LogP contribution is -2.32. The van der Waals surface area contributed by atoms with Crippen LogP contribution in [0.1, 0.15) is 35.5 Å². The molecule has 6 nitrogen and oxygen atoms in total. The topological polar surface area (TPSA) is 70.4 Å². The first kappa shape index (κ1) is 24.1. The molecule has 0 spiro atoms. The molecule has 0 radical (unpaired) electrons. The van der Waals surface area contributed by atoms with E-state index < -0.39 is 0 Å². The highest BCUT2D eigenvalue weighted by Crippen LogP contribution is 2.41. The number of furan rings is 1. The fourth-order valence-corrected chi connectivity index (χ4v) is 5.30. The molecule has 3 heterocycles. The lowest BCUT2D eigenvalue weighted by molar-refractivity contribution is -0.116. The van der Waals surface area contributed by atoms with Crippen LogP contribution in [0.3, 0.4) is 0 Å². The Labute approximate surface area is 220 Å². The first-order chi connectivity index (χ1) is 17.6. The number of anilines is 1. The van der Waals surface area contributed by atoms with Crippen molar-refractivity contribution in [2.24, 2.45) is 0 Å². The second-order valence-corrected chi connectivity index (χ2v) is 10.0. The van der Waals surface area contributed by atoms with Crippen LogP contribution in [-0.2, 0) is 4.79 Å². The van der Waals surface area contributed by atoms with Crippen molar-refractivity contribution in [1.82, 2.24) is 15.2 Å². The van der Waals surface area contributed by atoms with Crippen LogP contribution in [-0.4, -0.2) is 27.4 Å². The van der Waals surface area contributed by atoms with Gasteiger partial charge in [-0.1, -0.05) is 53.7 Å². The first-order valence-electron chi connectivity index (χ1n) is 11.7. The maximum absolute atomic E-state index is 12.7. The van der Waals surface area contributed by atoms with Crippen LogP contribution in [0, 0.1) is 6.92 Å². The lowest BCUT2D eigenvalue weighted by Gasteiger charge is -2.25. The van der Waals surface area contributed by atoms with Gasteiger partial charge in [0.2, 0.25) is 5.91 Å². The summed E-state index contributed by atoms with van der Waals surface area (Å²) < 4.78 is 6.33. The second-order valence-electron chi connectivity index (χ2n) is 8.56. The molecule has 0 saturated carbocycles. The van der Waals surface area contributed by atoms with E-state index in [1.165, 1.54) is 5.56 Å². The number of nitrogens with one attached hydrogen (secondary N) is 2. The number of pyridine rings is 1. The second kappa shape index (κ2) is 11.0. The number of hydrogen-bond donors (Lipinski definition) is 2. The van der Waals surface area contributed by atoms with Crippen molar-refractivity contribution < 1.29 is 9.21 Å². The van der Waals surface area contributed by atoms with Gasteiger partial charge in [0, 0.05) is 29.7 Å². The van der Waals surface area contributed by atoms with Crippen LogP contribution in [0.25, 0.3) is 0 Å². The molecule has 1 fully saturated rings. The van der Waals surface area contributed by atoms with Gasteiger partial charge in [0.05, 0.1) is 11.7 Å². The Morgan fingerprint density at radius 2 is 1.83 bits per heavy atom. The Bertz CT molecular complexity index is 1330. The third-order valence-corrected chi connectivity index (χ3v) is 7.25. The van der Waals surface area contributed by atoms with E-state index in [0.717, 1.165) is 27.1 Å². The Morgan fingerprint density at radius 3 is 2.58 bits per heavy atom. The molecule has 1 aliphatic rings. The Balaban J connectivity index is 1.36. The van der Waals surface area contributed by atoms with Crippen LogP contribution in [0.4, 0.5) is 5.69 Å². The van der Waals surface area contributed by atoms with Gasteiger partial charge in [-0.05, 0) is 67.7 Å². The van der Waals surface area contributed by atoms with E-state index in [2.05, 4.69) is 46.8 Å². The summed E-state index contributed by atoms with van der Waals surface area (Å²) in [7, 11) is 0. The van der Waals surface area contributed by atoms with Gasteiger partial charge < -0.3 is 20.0 Å². The van der Waals surface area contributed by atoms with Gasteiger partial charge in [-0.25, -0.2) is 0 Å². The molecule has 1 aliphatic heterocycles. The number of nitrogens with zero attached hydrogens (tertiary/aromatic N) is 2.